The number of carbonyl (C=O) groups is 2. The SMILES string of the molecule is CCCCOc1ccc(C(=O)NCC(=O)Nc2cc(C)ccn2)cc1. The van der Waals surface area contributed by atoms with Crippen LogP contribution in [0.2, 0.25) is 0 Å². The molecule has 1 aromatic carbocycles. The highest BCUT2D eigenvalue weighted by molar-refractivity contribution is 5.99. The lowest BCUT2D eigenvalue weighted by atomic mass is 10.2. The lowest BCUT2D eigenvalue weighted by Gasteiger charge is -2.08. The molecule has 6 nitrogen and oxygen atoms in total. The number of anilines is 1. The molecular formula is C19H23N3O3. The van der Waals surface area contributed by atoms with Crippen LogP contribution in [0.15, 0.2) is 42.6 Å². The molecule has 2 amide bonds. The predicted molar refractivity (Wildman–Crippen MR) is 96.8 cm³/mol. The van der Waals surface area contributed by atoms with Gasteiger partial charge in [-0.25, -0.2) is 4.98 Å². The summed E-state index contributed by atoms with van der Waals surface area (Å²) in [5, 5.41) is 5.23. The van der Waals surface area contributed by atoms with E-state index in [1.54, 1.807) is 36.5 Å². The molecule has 2 N–H and O–H groups in total. The van der Waals surface area contributed by atoms with Crippen LogP contribution in [0.3, 0.4) is 0 Å². The van der Waals surface area contributed by atoms with Crippen molar-refractivity contribution in [1.29, 1.82) is 0 Å². The highest BCUT2D eigenvalue weighted by Gasteiger charge is 2.09. The Labute approximate surface area is 147 Å². The van der Waals surface area contributed by atoms with E-state index in [-0.39, 0.29) is 18.4 Å². The Kier molecular flexibility index (Phi) is 6.95. The minimum atomic E-state index is -0.328. The van der Waals surface area contributed by atoms with E-state index in [2.05, 4.69) is 22.5 Å². The number of amides is 2. The average Bonchev–Trinajstić information content (AvgIpc) is 2.60. The number of carbonyl (C=O) groups excluding carboxylic acids is 2. The Balaban J connectivity index is 1.80. The summed E-state index contributed by atoms with van der Waals surface area (Å²) in [4.78, 5) is 28.0. The van der Waals surface area contributed by atoms with Crippen molar-refractivity contribution in [2.75, 3.05) is 18.5 Å². The molecule has 2 rings (SSSR count). The van der Waals surface area contributed by atoms with Gasteiger partial charge in [-0.15, -0.1) is 0 Å². The van der Waals surface area contributed by atoms with Crippen molar-refractivity contribution >= 4 is 17.6 Å². The van der Waals surface area contributed by atoms with Crippen molar-refractivity contribution < 1.29 is 14.3 Å². The van der Waals surface area contributed by atoms with Gasteiger partial charge >= 0.3 is 0 Å². The molecule has 0 atom stereocenters. The number of nitrogens with zero attached hydrogens (tertiary/aromatic N) is 1. The molecule has 0 saturated carbocycles. The summed E-state index contributed by atoms with van der Waals surface area (Å²) in [6.07, 6.45) is 3.68. The molecule has 0 saturated heterocycles. The first kappa shape index (κ1) is 18.4. The summed E-state index contributed by atoms with van der Waals surface area (Å²) in [5.74, 6) is 0.555. The Hall–Kier alpha value is -2.89. The fourth-order valence-corrected chi connectivity index (χ4v) is 2.09. The molecule has 0 aliphatic rings. The zero-order chi connectivity index (χ0) is 18.1. The molecule has 0 aliphatic heterocycles. The third kappa shape index (κ3) is 6.25. The average molecular weight is 341 g/mol. The summed E-state index contributed by atoms with van der Waals surface area (Å²) in [6, 6.07) is 10.5. The minimum Gasteiger partial charge on any atom is -0.494 e. The van der Waals surface area contributed by atoms with Crippen LogP contribution in [-0.2, 0) is 4.79 Å². The maximum atomic E-state index is 12.1. The Morgan fingerprint density at radius 1 is 1.16 bits per heavy atom. The van der Waals surface area contributed by atoms with E-state index in [1.807, 2.05) is 13.0 Å². The first-order valence-corrected chi connectivity index (χ1v) is 8.32. The van der Waals surface area contributed by atoms with E-state index in [9.17, 15) is 9.59 Å². The summed E-state index contributed by atoms with van der Waals surface area (Å²) >= 11 is 0. The summed E-state index contributed by atoms with van der Waals surface area (Å²) < 4.78 is 5.55. The van der Waals surface area contributed by atoms with E-state index in [4.69, 9.17) is 4.74 Å². The largest absolute Gasteiger partial charge is 0.494 e. The van der Waals surface area contributed by atoms with Crippen molar-refractivity contribution in [1.82, 2.24) is 10.3 Å². The van der Waals surface area contributed by atoms with Crippen molar-refractivity contribution in [3.8, 4) is 5.75 Å². The van der Waals surface area contributed by atoms with Gasteiger partial charge in [-0.05, 0) is 55.3 Å². The zero-order valence-corrected chi connectivity index (χ0v) is 14.5. The summed E-state index contributed by atoms with van der Waals surface area (Å²) in [5.41, 5.74) is 1.47. The van der Waals surface area contributed by atoms with Crippen LogP contribution in [0.4, 0.5) is 5.82 Å². The van der Waals surface area contributed by atoms with E-state index in [1.165, 1.54) is 0 Å². The van der Waals surface area contributed by atoms with Gasteiger partial charge in [0.2, 0.25) is 5.91 Å². The third-order valence-electron chi connectivity index (χ3n) is 3.48. The first-order valence-electron chi connectivity index (χ1n) is 8.32. The number of hydrogen-bond donors (Lipinski definition) is 2. The number of aromatic nitrogens is 1. The van der Waals surface area contributed by atoms with Gasteiger partial charge in [-0.3, -0.25) is 9.59 Å². The zero-order valence-electron chi connectivity index (χ0n) is 14.5. The molecule has 6 heteroatoms. The van der Waals surface area contributed by atoms with Crippen LogP contribution in [0, 0.1) is 6.92 Å². The Bertz CT molecular complexity index is 714. The van der Waals surface area contributed by atoms with Gasteiger partial charge in [0.05, 0.1) is 13.2 Å². The summed E-state index contributed by atoms with van der Waals surface area (Å²) in [6.45, 7) is 4.55. The smallest absolute Gasteiger partial charge is 0.251 e. The monoisotopic (exact) mass is 341 g/mol. The van der Waals surface area contributed by atoms with Crippen molar-refractivity contribution in [3.63, 3.8) is 0 Å². The maximum absolute atomic E-state index is 12.1. The predicted octanol–water partition coefficient (Wildman–Crippen LogP) is 2.94. The highest BCUT2D eigenvalue weighted by Crippen LogP contribution is 2.12. The van der Waals surface area contributed by atoms with E-state index in [0.29, 0.717) is 18.0 Å². The van der Waals surface area contributed by atoms with Gasteiger partial charge < -0.3 is 15.4 Å². The number of benzene rings is 1. The van der Waals surface area contributed by atoms with E-state index in [0.717, 1.165) is 24.2 Å². The topological polar surface area (TPSA) is 80.3 Å². The summed E-state index contributed by atoms with van der Waals surface area (Å²) in [7, 11) is 0. The number of hydrogen-bond acceptors (Lipinski definition) is 4. The maximum Gasteiger partial charge on any atom is 0.251 e. The molecule has 1 aromatic heterocycles. The second kappa shape index (κ2) is 9.42. The van der Waals surface area contributed by atoms with Crippen LogP contribution in [0.25, 0.3) is 0 Å². The van der Waals surface area contributed by atoms with Crippen LogP contribution in [-0.4, -0.2) is 29.9 Å². The fraction of sp³-hybridized carbons (Fsp3) is 0.316. The lowest BCUT2D eigenvalue weighted by molar-refractivity contribution is -0.115. The molecule has 1 heterocycles. The van der Waals surface area contributed by atoms with Gasteiger partial charge in [0.15, 0.2) is 0 Å². The number of ether oxygens (including phenoxy) is 1. The van der Waals surface area contributed by atoms with Crippen LogP contribution in [0.5, 0.6) is 5.75 Å². The van der Waals surface area contributed by atoms with Gasteiger partial charge in [0.1, 0.15) is 11.6 Å². The molecule has 0 aliphatic carbocycles. The molecule has 0 radical (unpaired) electrons. The molecule has 2 aromatic rings. The van der Waals surface area contributed by atoms with Crippen LogP contribution in [0.1, 0.15) is 35.7 Å². The molecule has 132 valence electrons. The second-order valence-corrected chi connectivity index (χ2v) is 5.68. The quantitative estimate of drug-likeness (QED) is 0.724. The van der Waals surface area contributed by atoms with Gasteiger partial charge in [-0.2, -0.15) is 0 Å². The highest BCUT2D eigenvalue weighted by atomic mass is 16.5. The number of unbranched alkanes of at least 4 members (excludes halogenated alkanes) is 1. The second-order valence-electron chi connectivity index (χ2n) is 5.68. The van der Waals surface area contributed by atoms with E-state index >= 15 is 0 Å². The minimum absolute atomic E-state index is 0.122. The number of pyridine rings is 1. The standard InChI is InChI=1S/C19H23N3O3/c1-3-4-11-25-16-7-5-15(6-8-16)19(24)21-13-18(23)22-17-12-14(2)9-10-20-17/h5-10,12H,3-4,11,13H2,1-2H3,(H,21,24)(H,20,22,23). The molecule has 0 spiro atoms. The first-order chi connectivity index (χ1) is 12.1. The molecule has 25 heavy (non-hydrogen) atoms. The third-order valence-corrected chi connectivity index (χ3v) is 3.48. The molecule has 0 fully saturated rings. The van der Waals surface area contributed by atoms with Crippen molar-refractivity contribution in [2.45, 2.75) is 26.7 Å². The Morgan fingerprint density at radius 3 is 2.60 bits per heavy atom. The number of nitrogens with one attached hydrogen (secondary N) is 2. The lowest BCUT2D eigenvalue weighted by Crippen LogP contribution is -2.33. The molecule has 0 bridgehead atoms. The molecule has 0 unspecified atom stereocenters. The van der Waals surface area contributed by atoms with Crippen LogP contribution >= 0.6 is 0 Å². The van der Waals surface area contributed by atoms with Gasteiger partial charge in [0, 0.05) is 11.8 Å². The van der Waals surface area contributed by atoms with Crippen molar-refractivity contribution in [3.05, 3.63) is 53.7 Å². The number of rotatable bonds is 8. The van der Waals surface area contributed by atoms with Gasteiger partial charge in [-0.1, -0.05) is 13.3 Å². The fourth-order valence-electron chi connectivity index (χ4n) is 2.09. The van der Waals surface area contributed by atoms with Gasteiger partial charge in [0.25, 0.3) is 5.91 Å². The van der Waals surface area contributed by atoms with Crippen molar-refractivity contribution in [2.24, 2.45) is 0 Å². The Morgan fingerprint density at radius 2 is 1.92 bits per heavy atom. The number of aryl methyl sites for hydroxylation is 1. The van der Waals surface area contributed by atoms with E-state index < -0.39 is 0 Å². The normalized spacial score (nSPS) is 10.2. The van der Waals surface area contributed by atoms with Crippen LogP contribution < -0.4 is 15.4 Å². The molecular weight excluding hydrogens is 318 g/mol.